The van der Waals surface area contributed by atoms with Crippen molar-refractivity contribution in [3.05, 3.63) is 59.7 Å². The van der Waals surface area contributed by atoms with Crippen molar-refractivity contribution in [2.45, 2.75) is 38.4 Å². The molecule has 2 atom stereocenters. The largest absolute Gasteiger partial charge is 0.454 e. The third kappa shape index (κ3) is 3.97. The Labute approximate surface area is 149 Å². The van der Waals surface area contributed by atoms with Crippen molar-refractivity contribution < 1.29 is 9.47 Å². The average Bonchev–Trinajstić information content (AvgIpc) is 3.22. The van der Waals surface area contributed by atoms with Crippen LogP contribution in [0.1, 0.15) is 24.5 Å². The Morgan fingerprint density at radius 3 is 2.76 bits per heavy atom. The van der Waals surface area contributed by atoms with Crippen LogP contribution in [0.25, 0.3) is 0 Å². The summed E-state index contributed by atoms with van der Waals surface area (Å²) in [6.07, 6.45) is 2.23. The van der Waals surface area contributed by atoms with Gasteiger partial charge in [-0.3, -0.25) is 4.90 Å². The summed E-state index contributed by atoms with van der Waals surface area (Å²) in [4.78, 5) is 2.58. The zero-order valence-electron chi connectivity index (χ0n) is 14.8. The number of hydrogen-bond acceptors (Lipinski definition) is 4. The van der Waals surface area contributed by atoms with Gasteiger partial charge in [0.25, 0.3) is 0 Å². The monoisotopic (exact) mass is 338 g/mol. The van der Waals surface area contributed by atoms with E-state index in [2.05, 4.69) is 59.6 Å². The van der Waals surface area contributed by atoms with Gasteiger partial charge >= 0.3 is 0 Å². The summed E-state index contributed by atoms with van der Waals surface area (Å²) in [7, 11) is 0. The fourth-order valence-corrected chi connectivity index (χ4v) is 3.80. The van der Waals surface area contributed by atoms with Gasteiger partial charge in [0.15, 0.2) is 11.5 Å². The first-order valence-corrected chi connectivity index (χ1v) is 9.18. The maximum absolute atomic E-state index is 5.45. The quantitative estimate of drug-likeness (QED) is 0.877. The van der Waals surface area contributed by atoms with Gasteiger partial charge < -0.3 is 14.8 Å². The molecule has 4 nitrogen and oxygen atoms in total. The number of hydrogen-bond donors (Lipinski definition) is 1. The molecule has 1 saturated heterocycles. The molecule has 1 N–H and O–H groups in total. The van der Waals surface area contributed by atoms with E-state index in [1.54, 1.807) is 0 Å². The number of nitrogens with zero attached hydrogens (tertiary/aromatic N) is 1. The molecule has 4 rings (SSSR count). The molecule has 1 fully saturated rings. The lowest BCUT2D eigenvalue weighted by Gasteiger charge is -2.21. The van der Waals surface area contributed by atoms with Crippen molar-refractivity contribution in [3.8, 4) is 11.5 Å². The molecule has 4 heteroatoms. The Bertz CT molecular complexity index is 704. The Morgan fingerprint density at radius 1 is 1.04 bits per heavy atom. The zero-order chi connectivity index (χ0) is 17.1. The summed E-state index contributed by atoms with van der Waals surface area (Å²) in [5, 5.41) is 3.73. The first-order chi connectivity index (χ1) is 12.3. The minimum absolute atomic E-state index is 0.342. The summed E-state index contributed by atoms with van der Waals surface area (Å²) in [6, 6.07) is 18.2. The highest BCUT2D eigenvalue weighted by Crippen LogP contribution is 2.32. The molecule has 2 aliphatic rings. The second-order valence-corrected chi connectivity index (χ2v) is 7.09. The third-order valence-corrected chi connectivity index (χ3v) is 5.22. The Kier molecular flexibility index (Phi) is 4.90. The molecule has 0 radical (unpaired) electrons. The highest BCUT2D eigenvalue weighted by atomic mass is 16.7. The van der Waals surface area contributed by atoms with E-state index >= 15 is 0 Å². The normalized spacial score (nSPS) is 22.4. The second-order valence-electron chi connectivity index (χ2n) is 7.09. The van der Waals surface area contributed by atoms with Gasteiger partial charge in [-0.1, -0.05) is 36.4 Å². The predicted molar refractivity (Wildman–Crippen MR) is 99.0 cm³/mol. The average molecular weight is 338 g/mol. The number of rotatable bonds is 6. The maximum Gasteiger partial charge on any atom is 0.231 e. The van der Waals surface area contributed by atoms with E-state index in [9.17, 15) is 0 Å². The first kappa shape index (κ1) is 16.4. The van der Waals surface area contributed by atoms with Crippen molar-refractivity contribution in [3.63, 3.8) is 0 Å². The number of fused-ring (bicyclic) bond motifs is 1. The number of ether oxygens (including phenoxy) is 2. The Hall–Kier alpha value is -2.04. The maximum atomic E-state index is 5.45. The van der Waals surface area contributed by atoms with E-state index in [1.165, 1.54) is 17.5 Å². The predicted octanol–water partition coefficient (Wildman–Crippen LogP) is 3.21. The van der Waals surface area contributed by atoms with E-state index in [0.29, 0.717) is 18.9 Å². The molecule has 2 heterocycles. The fraction of sp³-hybridized carbons (Fsp3) is 0.429. The van der Waals surface area contributed by atoms with Crippen molar-refractivity contribution in [1.82, 2.24) is 10.2 Å². The van der Waals surface area contributed by atoms with Crippen LogP contribution in [0.4, 0.5) is 0 Å². The molecule has 2 aromatic rings. The van der Waals surface area contributed by atoms with Crippen LogP contribution in [0.3, 0.4) is 0 Å². The highest BCUT2D eigenvalue weighted by Gasteiger charge is 2.28. The summed E-state index contributed by atoms with van der Waals surface area (Å²) < 4.78 is 10.8. The fourth-order valence-electron chi connectivity index (χ4n) is 3.80. The molecular weight excluding hydrogens is 312 g/mol. The van der Waals surface area contributed by atoms with Gasteiger partial charge in [0.05, 0.1) is 0 Å². The minimum Gasteiger partial charge on any atom is -0.454 e. The van der Waals surface area contributed by atoms with Crippen molar-refractivity contribution >= 4 is 0 Å². The third-order valence-electron chi connectivity index (χ3n) is 5.22. The summed E-state index contributed by atoms with van der Waals surface area (Å²) in [6.45, 7) is 5.84. The molecule has 2 aliphatic heterocycles. The van der Waals surface area contributed by atoms with Crippen LogP contribution in [0.5, 0.6) is 11.5 Å². The molecule has 0 unspecified atom stereocenters. The van der Waals surface area contributed by atoms with Crippen LogP contribution in [0.15, 0.2) is 48.5 Å². The smallest absolute Gasteiger partial charge is 0.231 e. The molecule has 2 aromatic carbocycles. The molecule has 132 valence electrons. The molecule has 0 aromatic heterocycles. The topological polar surface area (TPSA) is 33.7 Å². The van der Waals surface area contributed by atoms with Gasteiger partial charge in [-0.15, -0.1) is 0 Å². The zero-order valence-corrected chi connectivity index (χ0v) is 14.8. The highest BCUT2D eigenvalue weighted by molar-refractivity contribution is 5.44. The molecule has 25 heavy (non-hydrogen) atoms. The van der Waals surface area contributed by atoms with E-state index < -0.39 is 0 Å². The SMILES string of the molecule is C[C@@H]1C[C@H](NCCc2ccc3c(c2)OCO3)CN1Cc1ccccc1. The van der Waals surface area contributed by atoms with Crippen LogP contribution in [0.2, 0.25) is 0 Å². The van der Waals surface area contributed by atoms with Gasteiger partial charge in [-0.2, -0.15) is 0 Å². The van der Waals surface area contributed by atoms with Gasteiger partial charge in [0, 0.05) is 25.2 Å². The minimum atomic E-state index is 0.342. The van der Waals surface area contributed by atoms with E-state index in [0.717, 1.165) is 37.6 Å². The number of nitrogens with one attached hydrogen (secondary N) is 1. The van der Waals surface area contributed by atoms with Crippen LogP contribution >= 0.6 is 0 Å². The molecule has 0 bridgehead atoms. The van der Waals surface area contributed by atoms with Gasteiger partial charge in [0.2, 0.25) is 6.79 Å². The number of likely N-dealkylation sites (tertiary alicyclic amines) is 1. The van der Waals surface area contributed by atoms with Gasteiger partial charge in [-0.25, -0.2) is 0 Å². The van der Waals surface area contributed by atoms with Gasteiger partial charge in [-0.05, 0) is 49.6 Å². The molecule has 0 saturated carbocycles. The van der Waals surface area contributed by atoms with E-state index in [4.69, 9.17) is 9.47 Å². The molecule has 0 aliphatic carbocycles. The summed E-state index contributed by atoms with van der Waals surface area (Å²) in [5.74, 6) is 1.74. The lowest BCUT2D eigenvalue weighted by atomic mass is 10.1. The molecule has 0 amide bonds. The number of benzene rings is 2. The first-order valence-electron chi connectivity index (χ1n) is 9.18. The van der Waals surface area contributed by atoms with Gasteiger partial charge in [0.1, 0.15) is 0 Å². The van der Waals surface area contributed by atoms with Crippen molar-refractivity contribution in [2.75, 3.05) is 19.9 Å². The Morgan fingerprint density at radius 2 is 1.88 bits per heavy atom. The van der Waals surface area contributed by atoms with E-state index in [1.807, 2.05) is 6.07 Å². The van der Waals surface area contributed by atoms with Crippen molar-refractivity contribution in [1.29, 1.82) is 0 Å². The summed E-state index contributed by atoms with van der Waals surface area (Å²) in [5.41, 5.74) is 2.69. The lowest BCUT2D eigenvalue weighted by Crippen LogP contribution is -2.34. The second kappa shape index (κ2) is 7.46. The Balaban J connectivity index is 1.25. The van der Waals surface area contributed by atoms with Crippen LogP contribution in [-0.4, -0.2) is 36.9 Å². The molecule has 0 spiro atoms. The molecular formula is C21H26N2O2. The van der Waals surface area contributed by atoms with Crippen LogP contribution < -0.4 is 14.8 Å². The van der Waals surface area contributed by atoms with Crippen molar-refractivity contribution in [2.24, 2.45) is 0 Å². The standard InChI is InChI=1S/C21H26N2O2/c1-16-11-19(14-23(16)13-18-5-3-2-4-6-18)22-10-9-17-7-8-20-21(12-17)25-15-24-20/h2-8,12,16,19,22H,9-11,13-15H2,1H3/t16-,19+/m1/s1. The van der Waals surface area contributed by atoms with Crippen LogP contribution in [-0.2, 0) is 13.0 Å². The lowest BCUT2D eigenvalue weighted by molar-refractivity contribution is 0.174. The van der Waals surface area contributed by atoms with Crippen LogP contribution in [0, 0.1) is 0 Å². The summed E-state index contributed by atoms with van der Waals surface area (Å²) >= 11 is 0. The van der Waals surface area contributed by atoms with E-state index in [-0.39, 0.29) is 0 Å².